The number of halogens is 1. The first-order valence-electron chi connectivity index (χ1n) is 6.69. The van der Waals surface area contributed by atoms with Gasteiger partial charge < -0.3 is 0 Å². The number of hydrogen-bond acceptors (Lipinski definition) is 4. The molecule has 24 heavy (non-hydrogen) atoms. The molecule has 0 spiro atoms. The summed E-state index contributed by atoms with van der Waals surface area (Å²) in [7, 11) is -2.73. The van der Waals surface area contributed by atoms with E-state index in [1.54, 1.807) is 0 Å². The Balaban J connectivity index is 2.11. The zero-order valence-corrected chi connectivity index (χ0v) is 13.1. The van der Waals surface area contributed by atoms with E-state index >= 15 is 0 Å². The van der Waals surface area contributed by atoms with E-state index < -0.39 is 27.7 Å². The van der Waals surface area contributed by atoms with Gasteiger partial charge >= 0.3 is 11.8 Å². The Morgan fingerprint density at radius 3 is 2.29 bits per heavy atom. The summed E-state index contributed by atoms with van der Waals surface area (Å²) in [6.45, 7) is 0. The summed E-state index contributed by atoms with van der Waals surface area (Å²) < 4.78 is 39.5. The standard InChI is InChI=1S/C15H10FN3O4S/c1-19(10-4-2-3-9(16)7-10)24(22,23)11-5-6-12-13(8-11)18-15(21)14(20)17-12/h2-8H,1H3. The lowest BCUT2D eigenvalue weighted by Gasteiger charge is -2.19. The Morgan fingerprint density at radius 2 is 1.62 bits per heavy atom. The van der Waals surface area contributed by atoms with Crippen molar-refractivity contribution in [1.29, 1.82) is 0 Å². The van der Waals surface area contributed by atoms with Crippen LogP contribution in [0.15, 0.2) is 57.3 Å². The molecular weight excluding hydrogens is 337 g/mol. The third-order valence-electron chi connectivity index (χ3n) is 3.40. The maximum Gasteiger partial charge on any atom is 0.338 e. The second kappa shape index (κ2) is 5.60. The summed E-state index contributed by atoms with van der Waals surface area (Å²) in [5, 5.41) is 0.111. The minimum absolute atomic E-state index is 0.00619. The number of rotatable bonds is 3. The van der Waals surface area contributed by atoms with Gasteiger partial charge in [-0.15, -0.1) is 0 Å². The molecule has 3 rings (SSSR count). The molecular formula is C15H10FN3O4S. The molecule has 2 aromatic carbocycles. The predicted octanol–water partition coefficient (Wildman–Crippen LogP) is -0.0432. The molecule has 0 N–H and O–H groups in total. The van der Waals surface area contributed by atoms with Crippen LogP contribution in [-0.2, 0) is 19.6 Å². The number of hydrogen-bond donors (Lipinski definition) is 0. The van der Waals surface area contributed by atoms with E-state index in [4.69, 9.17) is 0 Å². The third-order valence-corrected chi connectivity index (χ3v) is 5.19. The number of sulfonamides is 1. The Kier molecular flexibility index (Phi) is 3.72. The maximum absolute atomic E-state index is 13.3. The molecule has 1 heterocycles. The van der Waals surface area contributed by atoms with E-state index in [0.717, 1.165) is 16.4 Å². The van der Waals surface area contributed by atoms with Crippen molar-refractivity contribution >= 4 is 27.5 Å². The van der Waals surface area contributed by atoms with Crippen molar-refractivity contribution in [3.63, 3.8) is 0 Å². The Morgan fingerprint density at radius 1 is 0.958 bits per heavy atom. The molecule has 1 aliphatic heterocycles. The predicted molar refractivity (Wildman–Crippen MR) is 80.8 cm³/mol. The van der Waals surface area contributed by atoms with Crippen LogP contribution in [0.4, 0.5) is 10.1 Å². The monoisotopic (exact) mass is 347 g/mol. The number of anilines is 1. The number of amides is 2. The molecule has 2 amide bonds. The molecule has 0 saturated heterocycles. The molecule has 7 nitrogen and oxygen atoms in total. The first kappa shape index (κ1) is 15.9. The minimum atomic E-state index is -4.00. The van der Waals surface area contributed by atoms with Crippen molar-refractivity contribution < 1.29 is 22.4 Å². The molecule has 0 atom stereocenters. The molecule has 0 fully saturated rings. The zero-order valence-electron chi connectivity index (χ0n) is 12.3. The van der Waals surface area contributed by atoms with Crippen molar-refractivity contribution in [2.45, 2.75) is 4.90 Å². The lowest BCUT2D eigenvalue weighted by Crippen LogP contribution is -2.36. The van der Waals surface area contributed by atoms with Crippen LogP contribution >= 0.6 is 0 Å². The third kappa shape index (κ3) is 2.69. The molecule has 0 saturated carbocycles. The molecule has 0 bridgehead atoms. The van der Waals surface area contributed by atoms with E-state index in [0.29, 0.717) is 0 Å². The molecule has 2 aromatic rings. The molecule has 0 radical (unpaired) electrons. The van der Waals surface area contributed by atoms with Gasteiger partial charge in [-0.2, -0.15) is 0 Å². The van der Waals surface area contributed by atoms with Crippen molar-refractivity contribution in [3.05, 3.63) is 59.0 Å². The Labute approximate surface area is 135 Å². The van der Waals surface area contributed by atoms with E-state index in [1.165, 1.54) is 37.4 Å². The maximum atomic E-state index is 13.3. The number of fused-ring (bicyclic) bond motifs is 1. The van der Waals surface area contributed by atoms with Crippen LogP contribution in [0.3, 0.4) is 0 Å². The van der Waals surface area contributed by atoms with Crippen molar-refractivity contribution in [1.82, 2.24) is 0 Å². The average Bonchev–Trinajstić information content (AvgIpc) is 2.54. The summed E-state index contributed by atoms with van der Waals surface area (Å²) in [5.41, 5.74) is 0.139. The molecule has 1 aliphatic rings. The van der Waals surface area contributed by atoms with Gasteiger partial charge in [0.15, 0.2) is 0 Å². The lowest BCUT2D eigenvalue weighted by molar-refractivity contribution is -0.135. The van der Waals surface area contributed by atoms with Crippen LogP contribution in [0, 0.1) is 5.82 Å². The summed E-state index contributed by atoms with van der Waals surface area (Å²) >= 11 is 0. The second-order valence-corrected chi connectivity index (χ2v) is 6.91. The van der Waals surface area contributed by atoms with Gasteiger partial charge in [-0.3, -0.25) is 13.9 Å². The molecule has 0 aromatic heterocycles. The number of nitrogens with zero attached hydrogens (tertiary/aromatic N) is 3. The van der Waals surface area contributed by atoms with Crippen LogP contribution in [0.5, 0.6) is 0 Å². The van der Waals surface area contributed by atoms with Crippen LogP contribution in [-0.4, -0.2) is 27.3 Å². The highest BCUT2D eigenvalue weighted by Crippen LogP contribution is 2.21. The van der Waals surface area contributed by atoms with Crippen LogP contribution in [0.1, 0.15) is 0 Å². The minimum Gasteiger partial charge on any atom is -0.269 e. The normalized spacial score (nSPS) is 13.8. The van der Waals surface area contributed by atoms with Gasteiger partial charge in [-0.25, -0.2) is 22.8 Å². The first-order valence-corrected chi connectivity index (χ1v) is 8.13. The molecule has 0 unspecified atom stereocenters. The highest BCUT2D eigenvalue weighted by molar-refractivity contribution is 7.92. The van der Waals surface area contributed by atoms with Crippen LogP contribution < -0.4 is 15.0 Å². The van der Waals surface area contributed by atoms with Gasteiger partial charge in [0.25, 0.3) is 10.0 Å². The highest BCUT2D eigenvalue weighted by atomic mass is 32.2. The molecule has 122 valence electrons. The van der Waals surface area contributed by atoms with Crippen molar-refractivity contribution in [2.24, 2.45) is 9.98 Å². The Bertz CT molecular complexity index is 1100. The van der Waals surface area contributed by atoms with E-state index in [9.17, 15) is 22.4 Å². The summed E-state index contributed by atoms with van der Waals surface area (Å²) in [6.07, 6.45) is 0. The van der Waals surface area contributed by atoms with E-state index in [2.05, 4.69) is 9.98 Å². The largest absolute Gasteiger partial charge is 0.338 e. The van der Waals surface area contributed by atoms with Crippen molar-refractivity contribution in [3.8, 4) is 0 Å². The summed E-state index contributed by atoms with van der Waals surface area (Å²) in [6, 6.07) is 8.79. The van der Waals surface area contributed by atoms with Gasteiger partial charge in [0.05, 0.1) is 21.3 Å². The average molecular weight is 347 g/mol. The number of carbonyl (C=O) groups is 2. The van der Waals surface area contributed by atoms with E-state index in [1.807, 2.05) is 0 Å². The fourth-order valence-electron chi connectivity index (χ4n) is 2.13. The smallest absolute Gasteiger partial charge is 0.269 e. The van der Waals surface area contributed by atoms with Gasteiger partial charge in [0.2, 0.25) is 0 Å². The topological polar surface area (TPSA) is 96.2 Å². The van der Waals surface area contributed by atoms with Gasteiger partial charge in [0.1, 0.15) is 5.82 Å². The summed E-state index contributed by atoms with van der Waals surface area (Å²) in [4.78, 5) is 29.4. The SMILES string of the molecule is CN(c1cccc(F)c1)S(=O)(=O)c1ccc2c(c1)=NC(=O)C(=O)N=2. The van der Waals surface area contributed by atoms with Crippen LogP contribution in [0.25, 0.3) is 0 Å². The lowest BCUT2D eigenvalue weighted by atomic mass is 10.3. The fraction of sp³-hybridized carbons (Fsp3) is 0.0667. The van der Waals surface area contributed by atoms with Gasteiger partial charge in [-0.05, 0) is 36.4 Å². The number of carbonyl (C=O) groups excluding carboxylic acids is 2. The van der Waals surface area contributed by atoms with Crippen LogP contribution in [0.2, 0.25) is 0 Å². The van der Waals surface area contributed by atoms with Gasteiger partial charge in [-0.1, -0.05) is 6.07 Å². The quantitative estimate of drug-likeness (QED) is 0.728. The summed E-state index contributed by atoms with van der Waals surface area (Å²) in [5.74, 6) is -2.64. The molecule has 0 aliphatic carbocycles. The van der Waals surface area contributed by atoms with E-state index in [-0.39, 0.29) is 21.3 Å². The van der Waals surface area contributed by atoms with Crippen molar-refractivity contribution in [2.75, 3.05) is 11.4 Å². The highest BCUT2D eigenvalue weighted by Gasteiger charge is 2.23. The zero-order chi connectivity index (χ0) is 17.5. The Hall–Kier alpha value is -2.94. The number of benzene rings is 2. The van der Waals surface area contributed by atoms with Gasteiger partial charge in [0, 0.05) is 7.05 Å². The first-order chi connectivity index (χ1) is 11.3. The molecule has 9 heteroatoms. The fourth-order valence-corrected chi connectivity index (χ4v) is 3.34. The second-order valence-electron chi connectivity index (χ2n) is 4.94.